The molecule has 0 saturated carbocycles. The van der Waals surface area contributed by atoms with Gasteiger partial charge in [-0.15, -0.1) is 0 Å². The highest BCUT2D eigenvalue weighted by molar-refractivity contribution is 5.40. The van der Waals surface area contributed by atoms with E-state index < -0.39 is 0 Å². The Bertz CT molecular complexity index is 593. The predicted molar refractivity (Wildman–Crippen MR) is 80.3 cm³/mol. The van der Waals surface area contributed by atoms with Crippen LogP contribution in [0.25, 0.3) is 0 Å². The van der Waals surface area contributed by atoms with E-state index in [1.165, 1.54) is 17.2 Å². The van der Waals surface area contributed by atoms with Gasteiger partial charge in [0, 0.05) is 18.5 Å². The van der Waals surface area contributed by atoms with Crippen molar-refractivity contribution in [3.8, 4) is 0 Å². The number of hydrogen-bond acceptors (Lipinski definition) is 1. The second kappa shape index (κ2) is 5.76. The van der Waals surface area contributed by atoms with Gasteiger partial charge >= 0.3 is 0 Å². The number of benzene rings is 2. The van der Waals surface area contributed by atoms with Crippen molar-refractivity contribution in [2.24, 2.45) is 0 Å². The Morgan fingerprint density at radius 2 is 2.05 bits per heavy atom. The van der Waals surface area contributed by atoms with Crippen LogP contribution < -0.4 is 5.32 Å². The zero-order chi connectivity index (χ0) is 13.9. The Morgan fingerprint density at radius 1 is 1.20 bits per heavy atom. The molecule has 0 spiro atoms. The Hall–Kier alpha value is -1.67. The van der Waals surface area contributed by atoms with Crippen molar-refractivity contribution < 1.29 is 4.39 Å². The fraction of sp³-hybridized carbons (Fsp3) is 0.333. The lowest BCUT2D eigenvalue weighted by molar-refractivity contribution is 0.459. The van der Waals surface area contributed by atoms with Gasteiger partial charge in [-0.1, -0.05) is 43.3 Å². The number of halogens is 1. The molecule has 0 saturated heterocycles. The van der Waals surface area contributed by atoms with Crippen LogP contribution in [-0.2, 0) is 6.42 Å². The molecule has 20 heavy (non-hydrogen) atoms. The monoisotopic (exact) mass is 269 g/mol. The van der Waals surface area contributed by atoms with Gasteiger partial charge < -0.3 is 5.32 Å². The average molecular weight is 269 g/mol. The zero-order valence-electron chi connectivity index (χ0n) is 11.8. The Morgan fingerprint density at radius 3 is 2.80 bits per heavy atom. The summed E-state index contributed by atoms with van der Waals surface area (Å²) in [6.07, 6.45) is 2.13. The standard InChI is InChI=1S/C18H20FN/c1-2-18(14-7-5-8-16(19)11-14)20-12-15-10-13-6-3-4-9-17(13)15/h3-9,11,15,18,20H,2,10,12H2,1H3. The Labute approximate surface area is 119 Å². The molecule has 0 fully saturated rings. The third-order valence-electron chi connectivity index (χ3n) is 4.23. The molecule has 0 amide bonds. The van der Waals surface area contributed by atoms with E-state index in [2.05, 4.69) is 36.5 Å². The predicted octanol–water partition coefficient (Wildman–Crippen LogP) is 4.21. The molecule has 104 valence electrons. The molecule has 0 aromatic heterocycles. The molecule has 2 aromatic rings. The first-order chi connectivity index (χ1) is 9.78. The molecule has 1 aliphatic carbocycles. The molecular weight excluding hydrogens is 249 g/mol. The minimum absolute atomic E-state index is 0.156. The molecule has 0 bridgehead atoms. The maximum absolute atomic E-state index is 13.3. The van der Waals surface area contributed by atoms with Gasteiger partial charge in [0.05, 0.1) is 0 Å². The van der Waals surface area contributed by atoms with Crippen LogP contribution in [0.5, 0.6) is 0 Å². The maximum Gasteiger partial charge on any atom is 0.123 e. The fourth-order valence-electron chi connectivity index (χ4n) is 3.05. The van der Waals surface area contributed by atoms with Crippen LogP contribution in [-0.4, -0.2) is 6.54 Å². The van der Waals surface area contributed by atoms with Crippen LogP contribution >= 0.6 is 0 Å². The summed E-state index contributed by atoms with van der Waals surface area (Å²) in [6.45, 7) is 3.10. The van der Waals surface area contributed by atoms with Crippen molar-refractivity contribution in [3.63, 3.8) is 0 Å². The molecular formula is C18H20FN. The highest BCUT2D eigenvalue weighted by atomic mass is 19.1. The van der Waals surface area contributed by atoms with Crippen LogP contribution in [0.4, 0.5) is 4.39 Å². The lowest BCUT2D eigenvalue weighted by Crippen LogP contribution is -2.31. The topological polar surface area (TPSA) is 12.0 Å². The van der Waals surface area contributed by atoms with Crippen molar-refractivity contribution >= 4 is 0 Å². The summed E-state index contributed by atoms with van der Waals surface area (Å²) in [6, 6.07) is 15.8. The molecule has 1 nitrogen and oxygen atoms in total. The van der Waals surface area contributed by atoms with Crippen LogP contribution in [0.1, 0.15) is 42.0 Å². The molecule has 0 radical (unpaired) electrons. The normalized spacial score (nSPS) is 18.2. The van der Waals surface area contributed by atoms with Gasteiger partial charge in [0.25, 0.3) is 0 Å². The van der Waals surface area contributed by atoms with E-state index in [1.54, 1.807) is 12.1 Å². The molecule has 3 rings (SSSR count). The summed E-state index contributed by atoms with van der Waals surface area (Å²) in [5.74, 6) is 0.450. The third kappa shape index (κ3) is 2.61. The SMILES string of the molecule is CCC(NCC1Cc2ccccc21)c1cccc(F)c1. The highest BCUT2D eigenvalue weighted by Crippen LogP contribution is 2.34. The zero-order valence-corrected chi connectivity index (χ0v) is 11.8. The van der Waals surface area contributed by atoms with E-state index in [0.717, 1.165) is 24.9 Å². The first-order valence-electron chi connectivity index (χ1n) is 7.34. The van der Waals surface area contributed by atoms with Gasteiger partial charge in [0.2, 0.25) is 0 Å². The first kappa shape index (κ1) is 13.3. The quantitative estimate of drug-likeness (QED) is 0.857. The summed E-state index contributed by atoms with van der Waals surface area (Å²) in [7, 11) is 0. The van der Waals surface area contributed by atoms with Gasteiger partial charge in [-0.3, -0.25) is 0 Å². The van der Waals surface area contributed by atoms with E-state index in [0.29, 0.717) is 5.92 Å². The molecule has 0 heterocycles. The number of hydrogen-bond donors (Lipinski definition) is 1. The molecule has 2 aromatic carbocycles. The smallest absolute Gasteiger partial charge is 0.123 e. The second-order valence-electron chi connectivity index (χ2n) is 5.52. The lowest BCUT2D eigenvalue weighted by atomic mass is 9.77. The number of nitrogens with one attached hydrogen (secondary N) is 1. The van der Waals surface area contributed by atoms with Crippen molar-refractivity contribution in [3.05, 3.63) is 71.0 Å². The van der Waals surface area contributed by atoms with Crippen molar-refractivity contribution in [1.82, 2.24) is 5.32 Å². The summed E-state index contributed by atoms with van der Waals surface area (Å²) < 4.78 is 13.3. The molecule has 0 aliphatic heterocycles. The van der Waals surface area contributed by atoms with E-state index in [1.807, 2.05) is 6.07 Å². The highest BCUT2D eigenvalue weighted by Gasteiger charge is 2.25. The summed E-state index contributed by atoms with van der Waals surface area (Å²) in [4.78, 5) is 0. The van der Waals surface area contributed by atoms with Crippen molar-refractivity contribution in [1.29, 1.82) is 0 Å². The van der Waals surface area contributed by atoms with Crippen LogP contribution in [0.15, 0.2) is 48.5 Å². The summed E-state index contributed by atoms with van der Waals surface area (Å²) >= 11 is 0. The maximum atomic E-state index is 13.3. The van der Waals surface area contributed by atoms with Gasteiger partial charge in [0.15, 0.2) is 0 Å². The fourth-order valence-corrected chi connectivity index (χ4v) is 3.05. The van der Waals surface area contributed by atoms with Gasteiger partial charge in [-0.05, 0) is 41.7 Å². The third-order valence-corrected chi connectivity index (χ3v) is 4.23. The van der Waals surface area contributed by atoms with Gasteiger partial charge in [-0.25, -0.2) is 4.39 Å². The van der Waals surface area contributed by atoms with E-state index >= 15 is 0 Å². The van der Waals surface area contributed by atoms with Gasteiger partial charge in [-0.2, -0.15) is 0 Å². The van der Waals surface area contributed by atoms with Crippen molar-refractivity contribution in [2.45, 2.75) is 31.7 Å². The van der Waals surface area contributed by atoms with E-state index in [-0.39, 0.29) is 11.9 Å². The minimum atomic E-state index is -0.156. The molecule has 2 heteroatoms. The van der Waals surface area contributed by atoms with Crippen molar-refractivity contribution in [2.75, 3.05) is 6.54 Å². The largest absolute Gasteiger partial charge is 0.309 e. The Balaban J connectivity index is 1.63. The molecule has 1 aliphatic rings. The number of fused-ring (bicyclic) bond motifs is 1. The van der Waals surface area contributed by atoms with Crippen LogP contribution in [0.3, 0.4) is 0 Å². The Kier molecular flexibility index (Phi) is 3.83. The van der Waals surface area contributed by atoms with Gasteiger partial charge in [0.1, 0.15) is 5.82 Å². The second-order valence-corrected chi connectivity index (χ2v) is 5.52. The summed E-state index contributed by atoms with van der Waals surface area (Å²) in [5.41, 5.74) is 3.98. The molecule has 2 unspecified atom stereocenters. The average Bonchev–Trinajstić information content (AvgIpc) is 2.44. The number of rotatable bonds is 5. The lowest BCUT2D eigenvalue weighted by Gasteiger charge is -2.32. The first-order valence-corrected chi connectivity index (χ1v) is 7.34. The molecule has 2 atom stereocenters. The van der Waals surface area contributed by atoms with Crippen LogP contribution in [0.2, 0.25) is 0 Å². The van der Waals surface area contributed by atoms with E-state index in [9.17, 15) is 4.39 Å². The molecule has 1 N–H and O–H groups in total. The minimum Gasteiger partial charge on any atom is -0.309 e. The summed E-state index contributed by atoms with van der Waals surface area (Å²) in [5, 5.41) is 3.59. The van der Waals surface area contributed by atoms with E-state index in [4.69, 9.17) is 0 Å². The van der Waals surface area contributed by atoms with Crippen LogP contribution in [0, 0.1) is 5.82 Å².